The monoisotopic (exact) mass is 206 g/mol. The first kappa shape index (κ1) is 12.8. The van der Waals surface area contributed by atoms with Crippen molar-refractivity contribution in [2.75, 3.05) is 6.67 Å². The summed E-state index contributed by atoms with van der Waals surface area (Å²) in [5.74, 6) is -3.25. The van der Waals surface area contributed by atoms with Crippen molar-refractivity contribution in [2.24, 2.45) is 11.7 Å². The molecule has 1 unspecified atom stereocenters. The van der Waals surface area contributed by atoms with Gasteiger partial charge in [0.2, 0.25) is 0 Å². The van der Waals surface area contributed by atoms with Gasteiger partial charge in [-0.25, -0.2) is 0 Å². The van der Waals surface area contributed by atoms with Crippen LogP contribution in [0.4, 0.5) is 4.39 Å². The van der Waals surface area contributed by atoms with Crippen LogP contribution in [-0.2, 0) is 9.59 Å². The Balaban J connectivity index is 4.08. The number of alkyl halides is 1. The van der Waals surface area contributed by atoms with Crippen LogP contribution < -0.4 is 5.73 Å². The number of aliphatic carboxylic acids is 2. The second-order valence-electron chi connectivity index (χ2n) is 3.05. The molecule has 0 radical (unpaired) electrons. The fourth-order valence-electron chi connectivity index (χ4n) is 1.07. The second-order valence-corrected chi connectivity index (χ2v) is 3.05. The van der Waals surface area contributed by atoms with Gasteiger partial charge in [0.25, 0.3) is 0 Å². The molecule has 0 aliphatic rings. The molecule has 0 aliphatic carbocycles. The molecule has 6 heteroatoms. The molecule has 0 aromatic heterocycles. The van der Waals surface area contributed by atoms with E-state index in [1.807, 2.05) is 0 Å². The van der Waals surface area contributed by atoms with E-state index in [9.17, 15) is 14.0 Å². The van der Waals surface area contributed by atoms with Crippen LogP contribution in [0.3, 0.4) is 0 Å². The van der Waals surface area contributed by atoms with E-state index in [1.165, 1.54) is 0 Å². The predicted octanol–water partition coefficient (Wildman–Crippen LogP) is 0.239. The van der Waals surface area contributed by atoms with E-state index in [1.54, 1.807) is 0 Å². The first-order valence-electron chi connectivity index (χ1n) is 4.26. The highest BCUT2D eigenvalue weighted by atomic mass is 18.2. The highest BCUT2D eigenvalue weighted by Crippen LogP contribution is 2.13. The molecule has 0 aromatic carbocycles. The minimum absolute atomic E-state index is 0.114. The van der Waals surface area contributed by atoms with Crippen molar-refractivity contribution in [3.63, 3.8) is 0 Å². The zero-order valence-electron chi connectivity index (χ0n) is 7.65. The maximum absolute atomic E-state index is 11.8. The van der Waals surface area contributed by atoms with Crippen LogP contribution in [0.15, 0.2) is 0 Å². The molecule has 0 spiro atoms. The molecule has 0 saturated heterocycles. The Labute approximate surface area is 80.7 Å². The van der Waals surface area contributed by atoms with Crippen LogP contribution in [0.1, 0.15) is 19.3 Å². The molecular formula is C8H14FNO4. The van der Waals surface area contributed by atoms with Gasteiger partial charge in [0.15, 0.2) is 0 Å². The minimum Gasteiger partial charge on any atom is -0.481 e. The summed E-state index contributed by atoms with van der Waals surface area (Å²) in [6.07, 6.45) is 0.0702. The van der Waals surface area contributed by atoms with Crippen molar-refractivity contribution < 1.29 is 24.2 Å². The highest BCUT2D eigenvalue weighted by molar-refractivity contribution is 5.75. The van der Waals surface area contributed by atoms with Gasteiger partial charge in [-0.3, -0.25) is 14.0 Å². The van der Waals surface area contributed by atoms with E-state index in [2.05, 4.69) is 0 Å². The van der Waals surface area contributed by atoms with E-state index in [4.69, 9.17) is 15.9 Å². The predicted molar refractivity (Wildman–Crippen MR) is 46.6 cm³/mol. The fourth-order valence-corrected chi connectivity index (χ4v) is 1.07. The van der Waals surface area contributed by atoms with Gasteiger partial charge < -0.3 is 15.9 Å². The maximum atomic E-state index is 11.8. The summed E-state index contributed by atoms with van der Waals surface area (Å²) in [6.45, 7) is -0.605. The third-order valence-electron chi connectivity index (χ3n) is 1.89. The molecule has 0 amide bonds. The molecule has 0 rings (SSSR count). The molecule has 5 nitrogen and oxygen atoms in total. The third kappa shape index (κ3) is 4.76. The lowest BCUT2D eigenvalue weighted by molar-refractivity contribution is -0.143. The average molecular weight is 206 g/mol. The fraction of sp³-hybridized carbons (Fsp3) is 0.750. The normalized spacial score (nSPS) is 14.7. The highest BCUT2D eigenvalue weighted by Gasteiger charge is 2.23. The standard InChI is InChI=1S/C8H14FNO4/c9-3-1-2-5(7(11)12)4-6(10)8(13)14/h5-6H,1-4,10H2,(H,11,12)(H,13,14)/t5-,6?/m0/s1/i9-1. The largest absolute Gasteiger partial charge is 0.481 e. The third-order valence-corrected chi connectivity index (χ3v) is 1.89. The molecule has 0 saturated carbocycles. The molecule has 0 heterocycles. The zero-order valence-corrected chi connectivity index (χ0v) is 7.65. The van der Waals surface area contributed by atoms with Gasteiger partial charge in [-0.1, -0.05) is 0 Å². The summed E-state index contributed by atoms with van der Waals surface area (Å²) in [7, 11) is 0. The van der Waals surface area contributed by atoms with Gasteiger partial charge in [-0.15, -0.1) is 0 Å². The quantitative estimate of drug-likeness (QED) is 0.554. The lowest BCUT2D eigenvalue weighted by atomic mass is 9.96. The van der Waals surface area contributed by atoms with Crippen LogP contribution >= 0.6 is 0 Å². The second kappa shape index (κ2) is 6.31. The molecule has 14 heavy (non-hydrogen) atoms. The van der Waals surface area contributed by atoms with Crippen molar-refractivity contribution in [2.45, 2.75) is 25.3 Å². The van der Waals surface area contributed by atoms with Gasteiger partial charge >= 0.3 is 11.9 Å². The molecule has 0 aromatic rings. The van der Waals surface area contributed by atoms with Crippen LogP contribution in [-0.4, -0.2) is 34.9 Å². The summed E-state index contributed by atoms with van der Waals surface area (Å²) in [5.41, 5.74) is 5.17. The van der Waals surface area contributed by atoms with E-state index in [0.717, 1.165) is 0 Å². The molecule has 2 atom stereocenters. The average Bonchev–Trinajstić information content (AvgIpc) is 2.10. The van der Waals surface area contributed by atoms with Crippen molar-refractivity contribution in [3.05, 3.63) is 0 Å². The number of carboxylic acid groups (broad SMARTS) is 2. The Morgan fingerprint density at radius 1 is 1.29 bits per heavy atom. The van der Waals surface area contributed by atoms with E-state index < -0.39 is 30.6 Å². The van der Waals surface area contributed by atoms with Gasteiger partial charge in [-0.05, 0) is 19.3 Å². The van der Waals surface area contributed by atoms with E-state index in [-0.39, 0.29) is 19.3 Å². The van der Waals surface area contributed by atoms with Crippen molar-refractivity contribution in [1.29, 1.82) is 0 Å². The number of hydrogen-bond donors (Lipinski definition) is 3. The number of nitrogens with two attached hydrogens (primary N) is 1. The van der Waals surface area contributed by atoms with Crippen LogP contribution in [0.25, 0.3) is 0 Å². The Bertz CT molecular complexity index is 210. The maximum Gasteiger partial charge on any atom is 0.320 e. The smallest absolute Gasteiger partial charge is 0.320 e. The number of carboxylic acids is 2. The van der Waals surface area contributed by atoms with E-state index >= 15 is 0 Å². The molecule has 4 N–H and O–H groups in total. The zero-order chi connectivity index (χ0) is 11.1. The Hall–Kier alpha value is -1.17. The van der Waals surface area contributed by atoms with Crippen molar-refractivity contribution in [1.82, 2.24) is 0 Å². The summed E-state index contributed by atoms with van der Waals surface area (Å²) < 4.78 is 11.8. The SMILES string of the molecule is NC(C[C@H](CCC[18F])C(=O)O)C(=O)O. The molecule has 0 bridgehead atoms. The van der Waals surface area contributed by atoms with Crippen LogP contribution in [0.2, 0.25) is 0 Å². The molecule has 0 fully saturated rings. The summed E-state index contributed by atoms with van der Waals surface area (Å²) in [5, 5.41) is 17.1. The number of carbonyl (C=O) groups is 2. The van der Waals surface area contributed by atoms with Crippen LogP contribution in [0.5, 0.6) is 0 Å². The Kier molecular flexibility index (Phi) is 5.78. The summed E-state index contributed by atoms with van der Waals surface area (Å²) >= 11 is 0. The van der Waals surface area contributed by atoms with E-state index in [0.29, 0.717) is 0 Å². The topological polar surface area (TPSA) is 101 Å². The minimum atomic E-state index is -1.24. The van der Waals surface area contributed by atoms with Crippen LogP contribution in [0, 0.1) is 5.92 Å². The number of rotatable bonds is 7. The van der Waals surface area contributed by atoms with Crippen molar-refractivity contribution >= 4 is 11.9 Å². The molecule has 82 valence electrons. The van der Waals surface area contributed by atoms with Gasteiger partial charge in [-0.2, -0.15) is 0 Å². The number of halogens is 1. The Morgan fingerprint density at radius 3 is 2.21 bits per heavy atom. The summed E-state index contributed by atoms with van der Waals surface area (Å²) in [4.78, 5) is 20.9. The van der Waals surface area contributed by atoms with Gasteiger partial charge in [0.1, 0.15) is 6.04 Å². The first-order valence-corrected chi connectivity index (χ1v) is 4.26. The molecular weight excluding hydrogens is 192 g/mol. The molecule has 0 aliphatic heterocycles. The first-order chi connectivity index (χ1) is 6.49. The number of hydrogen-bond acceptors (Lipinski definition) is 3. The lowest BCUT2D eigenvalue weighted by Crippen LogP contribution is -2.34. The lowest BCUT2D eigenvalue weighted by Gasteiger charge is -2.13. The van der Waals surface area contributed by atoms with Gasteiger partial charge in [0.05, 0.1) is 12.6 Å². The summed E-state index contributed by atoms with van der Waals surface area (Å²) in [6, 6.07) is -1.20. The van der Waals surface area contributed by atoms with Gasteiger partial charge in [0, 0.05) is 0 Å². The van der Waals surface area contributed by atoms with Crippen molar-refractivity contribution in [3.8, 4) is 0 Å². The Morgan fingerprint density at radius 2 is 1.86 bits per heavy atom.